The minimum atomic E-state index is -0.271. The normalized spacial score (nSPS) is 16.8. The summed E-state index contributed by atoms with van der Waals surface area (Å²) in [4.78, 5) is 20.1. The van der Waals surface area contributed by atoms with Crippen LogP contribution in [0.15, 0.2) is 64.4 Å². The Morgan fingerprint density at radius 2 is 2.04 bits per heavy atom. The minimum absolute atomic E-state index is 0.0280. The average molecular weight is 392 g/mol. The summed E-state index contributed by atoms with van der Waals surface area (Å²) < 4.78 is 19.5. The molecule has 2 aromatic carbocycles. The zero-order chi connectivity index (χ0) is 19.1. The Labute approximate surface area is 165 Å². The summed E-state index contributed by atoms with van der Waals surface area (Å²) in [6.45, 7) is 0.703. The predicted molar refractivity (Wildman–Crippen MR) is 107 cm³/mol. The molecule has 5 rings (SSSR count). The van der Waals surface area contributed by atoms with Crippen LogP contribution in [0, 0.1) is 5.82 Å². The van der Waals surface area contributed by atoms with E-state index in [1.54, 1.807) is 6.07 Å². The molecule has 0 spiro atoms. The molecule has 1 saturated heterocycles. The SMILES string of the molecule is O=C(c1cccs1)N1CCCC1c1nc2cc(-c3cccc(F)c3)ccc2o1. The first-order valence-corrected chi connectivity index (χ1v) is 10.1. The molecule has 0 saturated carbocycles. The average Bonchev–Trinajstić information content (AvgIpc) is 3.46. The molecule has 1 atom stereocenters. The quantitative estimate of drug-likeness (QED) is 0.451. The zero-order valence-corrected chi connectivity index (χ0v) is 15.8. The lowest BCUT2D eigenvalue weighted by atomic mass is 10.1. The van der Waals surface area contributed by atoms with Gasteiger partial charge in [0.1, 0.15) is 17.4 Å². The number of hydrogen-bond donors (Lipinski definition) is 0. The maximum atomic E-state index is 13.5. The molecule has 1 aliphatic rings. The van der Waals surface area contributed by atoms with E-state index in [-0.39, 0.29) is 17.8 Å². The van der Waals surface area contributed by atoms with Crippen LogP contribution in [-0.2, 0) is 0 Å². The highest BCUT2D eigenvalue weighted by Gasteiger charge is 2.34. The van der Waals surface area contributed by atoms with E-state index in [1.807, 2.05) is 46.7 Å². The van der Waals surface area contributed by atoms with Gasteiger partial charge in [-0.05, 0) is 59.7 Å². The molecular formula is C22H17FN2O2S. The third kappa shape index (κ3) is 2.99. The van der Waals surface area contributed by atoms with Crippen LogP contribution in [0.5, 0.6) is 0 Å². The number of halogens is 1. The third-order valence-electron chi connectivity index (χ3n) is 5.09. The Balaban J connectivity index is 1.48. The summed E-state index contributed by atoms with van der Waals surface area (Å²) in [7, 11) is 0. The maximum Gasteiger partial charge on any atom is 0.264 e. The molecule has 4 nitrogen and oxygen atoms in total. The summed E-state index contributed by atoms with van der Waals surface area (Å²) in [6, 6.07) is 15.7. The van der Waals surface area contributed by atoms with Crippen LogP contribution in [0.1, 0.15) is 34.4 Å². The highest BCUT2D eigenvalue weighted by molar-refractivity contribution is 7.12. The number of amides is 1. The second-order valence-electron chi connectivity index (χ2n) is 6.88. The van der Waals surface area contributed by atoms with Crippen LogP contribution in [-0.4, -0.2) is 22.3 Å². The van der Waals surface area contributed by atoms with Crippen LogP contribution in [0.4, 0.5) is 4.39 Å². The van der Waals surface area contributed by atoms with Crippen LogP contribution < -0.4 is 0 Å². The molecule has 1 unspecified atom stereocenters. The van der Waals surface area contributed by atoms with E-state index >= 15 is 0 Å². The Kier molecular flexibility index (Phi) is 4.20. The van der Waals surface area contributed by atoms with Crippen molar-refractivity contribution in [3.63, 3.8) is 0 Å². The van der Waals surface area contributed by atoms with Gasteiger partial charge in [-0.15, -0.1) is 11.3 Å². The lowest BCUT2D eigenvalue weighted by Crippen LogP contribution is -2.30. The van der Waals surface area contributed by atoms with Gasteiger partial charge in [0.2, 0.25) is 5.89 Å². The number of aromatic nitrogens is 1. The fraction of sp³-hybridized carbons (Fsp3) is 0.182. The number of likely N-dealkylation sites (tertiary alicyclic amines) is 1. The van der Waals surface area contributed by atoms with Crippen LogP contribution in [0.3, 0.4) is 0 Å². The summed E-state index contributed by atoms with van der Waals surface area (Å²) in [6.07, 6.45) is 1.76. The van der Waals surface area contributed by atoms with Gasteiger partial charge in [0.15, 0.2) is 5.58 Å². The van der Waals surface area contributed by atoms with E-state index in [0.29, 0.717) is 23.5 Å². The van der Waals surface area contributed by atoms with Crippen molar-refractivity contribution in [3.05, 3.63) is 76.6 Å². The van der Waals surface area contributed by atoms with Crippen molar-refractivity contribution in [2.24, 2.45) is 0 Å². The number of carbonyl (C=O) groups excluding carboxylic acids is 1. The third-order valence-corrected chi connectivity index (χ3v) is 5.95. The topological polar surface area (TPSA) is 46.3 Å². The molecule has 6 heteroatoms. The molecule has 28 heavy (non-hydrogen) atoms. The summed E-state index contributed by atoms with van der Waals surface area (Å²) in [5.74, 6) is 0.320. The molecule has 3 heterocycles. The number of oxazole rings is 1. The molecule has 140 valence electrons. The van der Waals surface area contributed by atoms with Gasteiger partial charge in [-0.3, -0.25) is 4.79 Å². The molecule has 0 aliphatic carbocycles. The minimum Gasteiger partial charge on any atom is -0.438 e. The number of fused-ring (bicyclic) bond motifs is 1. The van der Waals surface area contributed by atoms with Crippen molar-refractivity contribution >= 4 is 28.3 Å². The van der Waals surface area contributed by atoms with Gasteiger partial charge in [0, 0.05) is 6.54 Å². The number of benzene rings is 2. The van der Waals surface area contributed by atoms with E-state index in [4.69, 9.17) is 4.42 Å². The predicted octanol–water partition coefficient (Wildman–Crippen LogP) is 5.67. The highest BCUT2D eigenvalue weighted by Crippen LogP contribution is 2.35. The number of hydrogen-bond acceptors (Lipinski definition) is 4. The van der Waals surface area contributed by atoms with Crippen molar-refractivity contribution < 1.29 is 13.6 Å². The summed E-state index contributed by atoms with van der Waals surface area (Å²) >= 11 is 1.45. The van der Waals surface area contributed by atoms with Gasteiger partial charge >= 0.3 is 0 Å². The van der Waals surface area contributed by atoms with E-state index in [9.17, 15) is 9.18 Å². The highest BCUT2D eigenvalue weighted by atomic mass is 32.1. The molecule has 1 fully saturated rings. The molecule has 1 aliphatic heterocycles. The lowest BCUT2D eigenvalue weighted by molar-refractivity contribution is 0.0722. The van der Waals surface area contributed by atoms with Crippen molar-refractivity contribution in [1.29, 1.82) is 0 Å². The second-order valence-corrected chi connectivity index (χ2v) is 7.83. The van der Waals surface area contributed by atoms with Gasteiger partial charge in [-0.25, -0.2) is 9.37 Å². The van der Waals surface area contributed by atoms with Crippen LogP contribution in [0.2, 0.25) is 0 Å². The largest absolute Gasteiger partial charge is 0.438 e. The molecule has 0 N–H and O–H groups in total. The first-order chi connectivity index (χ1) is 13.7. The molecule has 0 bridgehead atoms. The van der Waals surface area contributed by atoms with Crippen molar-refractivity contribution in [2.75, 3.05) is 6.54 Å². The molecule has 0 radical (unpaired) electrons. The number of nitrogens with zero attached hydrogens (tertiary/aromatic N) is 2. The fourth-order valence-electron chi connectivity index (χ4n) is 3.74. The number of thiophene rings is 1. The van der Waals surface area contributed by atoms with Gasteiger partial charge in [-0.1, -0.05) is 24.3 Å². The molecule has 1 amide bonds. The van der Waals surface area contributed by atoms with Crippen molar-refractivity contribution in [3.8, 4) is 11.1 Å². The van der Waals surface area contributed by atoms with Crippen LogP contribution in [0.25, 0.3) is 22.2 Å². The standard InChI is InChI=1S/C22H17FN2O2S/c23-16-5-1-4-14(12-16)15-8-9-19-17(13-15)24-21(27-19)18-6-2-10-25(18)22(26)20-7-3-11-28-20/h1,3-5,7-9,11-13,18H,2,6,10H2. The van der Waals surface area contributed by atoms with Crippen molar-refractivity contribution in [2.45, 2.75) is 18.9 Å². The molecule has 4 aromatic rings. The monoisotopic (exact) mass is 392 g/mol. The fourth-order valence-corrected chi connectivity index (χ4v) is 4.42. The van der Waals surface area contributed by atoms with Gasteiger partial charge in [0.05, 0.1) is 4.88 Å². The first kappa shape index (κ1) is 17.1. The van der Waals surface area contributed by atoms with E-state index in [0.717, 1.165) is 28.8 Å². The first-order valence-electron chi connectivity index (χ1n) is 9.20. The maximum absolute atomic E-state index is 13.5. The van der Waals surface area contributed by atoms with Gasteiger partial charge < -0.3 is 9.32 Å². The van der Waals surface area contributed by atoms with E-state index < -0.39 is 0 Å². The van der Waals surface area contributed by atoms with E-state index in [2.05, 4.69) is 4.98 Å². The van der Waals surface area contributed by atoms with Gasteiger partial charge in [-0.2, -0.15) is 0 Å². The Bertz CT molecular complexity index is 1150. The van der Waals surface area contributed by atoms with Crippen LogP contribution >= 0.6 is 11.3 Å². The summed E-state index contributed by atoms with van der Waals surface area (Å²) in [5, 5.41) is 1.91. The Hall–Kier alpha value is -2.99. The van der Waals surface area contributed by atoms with Crippen molar-refractivity contribution in [1.82, 2.24) is 9.88 Å². The smallest absolute Gasteiger partial charge is 0.264 e. The van der Waals surface area contributed by atoms with E-state index in [1.165, 1.54) is 23.5 Å². The number of rotatable bonds is 3. The number of carbonyl (C=O) groups is 1. The lowest BCUT2D eigenvalue weighted by Gasteiger charge is -2.21. The van der Waals surface area contributed by atoms with Gasteiger partial charge in [0.25, 0.3) is 5.91 Å². The molecular weight excluding hydrogens is 375 g/mol. The second kappa shape index (κ2) is 6.87. The Morgan fingerprint density at radius 1 is 1.14 bits per heavy atom. The zero-order valence-electron chi connectivity index (χ0n) is 15.0. The Morgan fingerprint density at radius 3 is 2.86 bits per heavy atom. The summed E-state index contributed by atoms with van der Waals surface area (Å²) in [5.41, 5.74) is 3.06. The molecule has 2 aromatic heterocycles.